The number of aromatic nitrogens is 1. The molecule has 198 valence electrons. The standard InChI is InChI=1S/C26H23Cl2FN4O4S/c1-14(2)25(34)32-16-6-3-5-15(11-16)12-31-26(35)17-7-4-8-21(23(17)29)38(36,37)33-20-10-9-18(27)22-19(28)13-30-24(20)22/h3-11,13-14,30,33H,12H2,1-2H3,(H,31,35)(H,32,34). The molecule has 12 heteroatoms. The van der Waals surface area contributed by atoms with Gasteiger partial charge in [0.1, 0.15) is 4.90 Å². The van der Waals surface area contributed by atoms with Gasteiger partial charge in [0, 0.05) is 29.7 Å². The van der Waals surface area contributed by atoms with Crippen LogP contribution in [0, 0.1) is 11.7 Å². The molecule has 0 saturated heterocycles. The maximum absolute atomic E-state index is 15.3. The molecular formula is C26H23Cl2FN4O4S. The Kier molecular flexibility index (Phi) is 7.96. The first-order valence-corrected chi connectivity index (χ1v) is 13.7. The lowest BCUT2D eigenvalue weighted by Crippen LogP contribution is -2.25. The van der Waals surface area contributed by atoms with Gasteiger partial charge in [-0.1, -0.05) is 55.2 Å². The summed E-state index contributed by atoms with van der Waals surface area (Å²) in [5.74, 6) is -2.37. The van der Waals surface area contributed by atoms with E-state index in [0.717, 1.165) is 6.07 Å². The summed E-state index contributed by atoms with van der Waals surface area (Å²) < 4.78 is 43.8. The summed E-state index contributed by atoms with van der Waals surface area (Å²) >= 11 is 12.3. The molecule has 4 aromatic rings. The van der Waals surface area contributed by atoms with Gasteiger partial charge in [-0.2, -0.15) is 0 Å². The first-order chi connectivity index (χ1) is 18.0. The molecule has 0 aliphatic rings. The molecule has 2 amide bonds. The highest BCUT2D eigenvalue weighted by molar-refractivity contribution is 7.92. The number of nitrogens with one attached hydrogen (secondary N) is 4. The van der Waals surface area contributed by atoms with Crippen molar-refractivity contribution in [3.8, 4) is 0 Å². The van der Waals surface area contributed by atoms with Crippen molar-refractivity contribution >= 4 is 67.3 Å². The molecular weight excluding hydrogens is 554 g/mol. The predicted molar refractivity (Wildman–Crippen MR) is 147 cm³/mol. The van der Waals surface area contributed by atoms with Gasteiger partial charge in [-0.3, -0.25) is 14.3 Å². The Morgan fingerprint density at radius 3 is 2.50 bits per heavy atom. The Hall–Kier alpha value is -3.60. The molecule has 0 aliphatic heterocycles. The van der Waals surface area contributed by atoms with Gasteiger partial charge >= 0.3 is 0 Å². The van der Waals surface area contributed by atoms with Gasteiger partial charge in [0.05, 0.1) is 26.8 Å². The van der Waals surface area contributed by atoms with Gasteiger partial charge in [0.25, 0.3) is 15.9 Å². The zero-order valence-corrected chi connectivity index (χ0v) is 22.6. The van der Waals surface area contributed by atoms with Crippen molar-refractivity contribution in [3.05, 3.63) is 87.8 Å². The molecule has 8 nitrogen and oxygen atoms in total. The van der Waals surface area contributed by atoms with E-state index in [-0.39, 0.29) is 24.1 Å². The van der Waals surface area contributed by atoms with Crippen LogP contribution in [0.5, 0.6) is 0 Å². The number of aromatic amines is 1. The zero-order valence-electron chi connectivity index (χ0n) is 20.2. The number of benzene rings is 3. The van der Waals surface area contributed by atoms with Crippen LogP contribution in [0.15, 0.2) is 65.7 Å². The third-order valence-corrected chi connectivity index (χ3v) is 7.65. The number of fused-ring (bicyclic) bond motifs is 1. The fourth-order valence-corrected chi connectivity index (χ4v) is 5.40. The highest BCUT2D eigenvalue weighted by Gasteiger charge is 2.25. The molecule has 4 rings (SSSR count). The lowest BCUT2D eigenvalue weighted by atomic mass is 10.1. The summed E-state index contributed by atoms with van der Waals surface area (Å²) in [6.45, 7) is 3.56. The summed E-state index contributed by atoms with van der Waals surface area (Å²) in [5, 5.41) is 6.37. The monoisotopic (exact) mass is 576 g/mol. The lowest BCUT2D eigenvalue weighted by Gasteiger charge is -2.13. The molecule has 3 aromatic carbocycles. The van der Waals surface area contributed by atoms with Crippen molar-refractivity contribution in [2.24, 2.45) is 5.92 Å². The quantitative estimate of drug-likeness (QED) is 0.207. The fourth-order valence-electron chi connectivity index (χ4n) is 3.67. The smallest absolute Gasteiger partial charge is 0.264 e. The number of amides is 2. The number of anilines is 2. The number of hydrogen-bond acceptors (Lipinski definition) is 4. The minimum absolute atomic E-state index is 0.0230. The van der Waals surface area contributed by atoms with Gasteiger partial charge in [-0.25, -0.2) is 12.8 Å². The minimum Gasteiger partial charge on any atom is -0.358 e. The third-order valence-electron chi connectivity index (χ3n) is 5.65. The van der Waals surface area contributed by atoms with E-state index >= 15 is 4.39 Å². The largest absolute Gasteiger partial charge is 0.358 e. The van der Waals surface area contributed by atoms with Crippen LogP contribution in [-0.4, -0.2) is 25.2 Å². The van der Waals surface area contributed by atoms with Crippen LogP contribution in [0.25, 0.3) is 10.9 Å². The SMILES string of the molecule is CC(C)C(=O)Nc1cccc(CNC(=O)c2cccc(S(=O)(=O)Nc3ccc(Cl)c4c(Cl)c[nH]c34)c2F)c1. The van der Waals surface area contributed by atoms with E-state index in [1.165, 1.54) is 30.5 Å². The van der Waals surface area contributed by atoms with E-state index in [1.807, 2.05) is 0 Å². The molecule has 0 saturated carbocycles. The lowest BCUT2D eigenvalue weighted by molar-refractivity contribution is -0.118. The Balaban J connectivity index is 1.53. The van der Waals surface area contributed by atoms with Crippen LogP contribution >= 0.6 is 23.2 Å². The van der Waals surface area contributed by atoms with E-state index in [1.54, 1.807) is 38.1 Å². The van der Waals surface area contributed by atoms with E-state index in [2.05, 4.69) is 20.3 Å². The van der Waals surface area contributed by atoms with Crippen LogP contribution < -0.4 is 15.4 Å². The number of halogens is 3. The van der Waals surface area contributed by atoms with Gasteiger partial charge in [0.2, 0.25) is 5.91 Å². The normalized spacial score (nSPS) is 11.5. The van der Waals surface area contributed by atoms with Crippen molar-refractivity contribution in [3.63, 3.8) is 0 Å². The Morgan fingerprint density at radius 2 is 1.76 bits per heavy atom. The second-order valence-corrected chi connectivity index (χ2v) is 11.2. The van der Waals surface area contributed by atoms with Crippen molar-refractivity contribution in [1.29, 1.82) is 0 Å². The zero-order chi connectivity index (χ0) is 27.6. The number of sulfonamides is 1. The van der Waals surface area contributed by atoms with Crippen LogP contribution in [0.4, 0.5) is 15.8 Å². The first-order valence-electron chi connectivity index (χ1n) is 11.4. The first kappa shape index (κ1) is 27.4. The van der Waals surface area contributed by atoms with Crippen molar-refractivity contribution in [1.82, 2.24) is 10.3 Å². The Morgan fingerprint density at radius 1 is 1.03 bits per heavy atom. The minimum atomic E-state index is -4.44. The number of rotatable bonds is 8. The maximum Gasteiger partial charge on any atom is 0.264 e. The molecule has 0 aliphatic carbocycles. The average Bonchev–Trinajstić information content (AvgIpc) is 3.27. The molecule has 0 unspecified atom stereocenters. The summed E-state index contributed by atoms with van der Waals surface area (Å²) in [7, 11) is -4.44. The second kappa shape index (κ2) is 11.0. The third kappa shape index (κ3) is 5.77. The van der Waals surface area contributed by atoms with Crippen molar-refractivity contribution in [2.75, 3.05) is 10.0 Å². The molecule has 0 spiro atoms. The van der Waals surface area contributed by atoms with E-state index in [9.17, 15) is 18.0 Å². The van der Waals surface area contributed by atoms with Gasteiger partial charge < -0.3 is 15.6 Å². The second-order valence-electron chi connectivity index (χ2n) is 8.73. The molecule has 4 N–H and O–H groups in total. The van der Waals surface area contributed by atoms with E-state index in [4.69, 9.17) is 23.2 Å². The van der Waals surface area contributed by atoms with E-state index in [0.29, 0.717) is 32.2 Å². The van der Waals surface area contributed by atoms with Crippen LogP contribution in [0.1, 0.15) is 29.8 Å². The molecule has 1 aromatic heterocycles. The van der Waals surface area contributed by atoms with Crippen LogP contribution in [0.3, 0.4) is 0 Å². The Bertz CT molecular complexity index is 1650. The predicted octanol–water partition coefficient (Wildman–Crippen LogP) is 5.94. The van der Waals surface area contributed by atoms with Crippen molar-refractivity contribution < 1.29 is 22.4 Å². The molecule has 0 atom stereocenters. The summed E-state index contributed by atoms with van der Waals surface area (Å²) in [4.78, 5) is 26.8. The summed E-state index contributed by atoms with van der Waals surface area (Å²) in [5.41, 5.74) is 1.20. The molecule has 38 heavy (non-hydrogen) atoms. The molecule has 0 bridgehead atoms. The maximum atomic E-state index is 15.3. The highest BCUT2D eigenvalue weighted by Crippen LogP contribution is 2.35. The number of carbonyl (C=O) groups excluding carboxylic acids is 2. The van der Waals surface area contributed by atoms with Gasteiger partial charge in [0.15, 0.2) is 5.82 Å². The fraction of sp³-hybridized carbons (Fsp3) is 0.154. The molecule has 0 fully saturated rings. The Labute approximate surface area is 228 Å². The van der Waals surface area contributed by atoms with Crippen LogP contribution in [0.2, 0.25) is 10.0 Å². The topological polar surface area (TPSA) is 120 Å². The number of H-pyrrole nitrogens is 1. The summed E-state index contributed by atoms with van der Waals surface area (Å²) in [6.07, 6.45) is 1.45. The average molecular weight is 577 g/mol. The molecule has 1 heterocycles. The number of hydrogen-bond donors (Lipinski definition) is 4. The number of carbonyl (C=O) groups is 2. The van der Waals surface area contributed by atoms with Crippen LogP contribution in [-0.2, 0) is 21.4 Å². The van der Waals surface area contributed by atoms with Gasteiger partial charge in [-0.15, -0.1) is 0 Å². The van der Waals surface area contributed by atoms with Gasteiger partial charge in [-0.05, 0) is 42.0 Å². The molecule has 0 radical (unpaired) electrons. The highest BCUT2D eigenvalue weighted by atomic mass is 35.5. The van der Waals surface area contributed by atoms with E-state index < -0.39 is 32.2 Å². The van der Waals surface area contributed by atoms with Crippen molar-refractivity contribution in [2.45, 2.75) is 25.3 Å². The summed E-state index contributed by atoms with van der Waals surface area (Å²) in [6, 6.07) is 13.2.